The minimum atomic E-state index is -0.218. The second-order valence-corrected chi connectivity index (χ2v) is 8.33. The van der Waals surface area contributed by atoms with E-state index in [2.05, 4.69) is 20.2 Å². The topological polar surface area (TPSA) is 117 Å². The van der Waals surface area contributed by atoms with Crippen LogP contribution in [-0.4, -0.2) is 47.3 Å². The van der Waals surface area contributed by atoms with Gasteiger partial charge in [-0.05, 0) is 51.3 Å². The van der Waals surface area contributed by atoms with Crippen molar-refractivity contribution in [1.82, 2.24) is 15.3 Å². The van der Waals surface area contributed by atoms with Crippen LogP contribution in [0.5, 0.6) is 5.75 Å². The Balaban J connectivity index is 1.53. The molecule has 0 unspecified atom stereocenters. The predicted octanol–water partition coefficient (Wildman–Crippen LogP) is 2.37. The smallest absolute Gasteiger partial charge is 0.226 e. The lowest BCUT2D eigenvalue weighted by Gasteiger charge is -2.37. The number of ether oxygens (including phenoxy) is 1. The molecule has 0 bridgehead atoms. The summed E-state index contributed by atoms with van der Waals surface area (Å²) < 4.78 is 5.74. The minimum Gasteiger partial charge on any atom is -0.491 e. The Morgan fingerprint density at radius 1 is 1.23 bits per heavy atom. The summed E-state index contributed by atoms with van der Waals surface area (Å²) in [6.45, 7) is 6.20. The molecule has 0 radical (unpaired) electrons. The van der Waals surface area contributed by atoms with Gasteiger partial charge in [0.15, 0.2) is 0 Å². The predicted molar refractivity (Wildman–Crippen MR) is 116 cm³/mol. The molecule has 2 saturated heterocycles. The number of hydrogen-bond donors (Lipinski definition) is 3. The lowest BCUT2D eigenvalue weighted by atomic mass is 9.77. The first-order valence-corrected chi connectivity index (χ1v) is 10.4. The number of carbonyl (C=O) groups excluding carboxylic acids is 1. The van der Waals surface area contributed by atoms with Gasteiger partial charge in [-0.3, -0.25) is 10.2 Å². The second-order valence-electron chi connectivity index (χ2n) is 8.33. The highest BCUT2D eigenvalue weighted by Gasteiger charge is 2.44. The summed E-state index contributed by atoms with van der Waals surface area (Å²) in [5.41, 5.74) is 7.73. The minimum absolute atomic E-state index is 0.0330. The molecule has 8 heteroatoms. The Kier molecular flexibility index (Phi) is 5.32. The van der Waals surface area contributed by atoms with Gasteiger partial charge in [0.2, 0.25) is 5.91 Å². The number of anilines is 2. The third-order valence-electron chi connectivity index (χ3n) is 5.99. The molecular weight excluding hydrogens is 380 g/mol. The molecule has 1 aromatic heterocycles. The molecule has 1 aromatic carbocycles. The molecule has 2 aliphatic rings. The molecule has 2 aliphatic heterocycles. The van der Waals surface area contributed by atoms with E-state index in [-0.39, 0.29) is 23.1 Å². The lowest BCUT2D eigenvalue weighted by molar-refractivity contribution is -0.128. The van der Waals surface area contributed by atoms with Crippen LogP contribution in [0.4, 0.5) is 11.5 Å². The number of carbonyl (C=O) groups is 1. The van der Waals surface area contributed by atoms with Gasteiger partial charge in [-0.15, -0.1) is 0 Å². The molecular formula is C22H28N6O2. The van der Waals surface area contributed by atoms with Crippen LogP contribution in [0, 0.1) is 10.8 Å². The molecule has 4 rings (SSSR count). The number of piperidine rings is 1. The van der Waals surface area contributed by atoms with Crippen LogP contribution in [0.1, 0.15) is 44.4 Å². The van der Waals surface area contributed by atoms with E-state index >= 15 is 0 Å². The van der Waals surface area contributed by atoms with Crippen molar-refractivity contribution in [3.05, 3.63) is 41.9 Å². The molecule has 0 aliphatic carbocycles. The van der Waals surface area contributed by atoms with E-state index < -0.39 is 0 Å². The highest BCUT2D eigenvalue weighted by atomic mass is 16.5. The first kappa shape index (κ1) is 20.1. The molecule has 4 N–H and O–H groups in total. The van der Waals surface area contributed by atoms with Crippen molar-refractivity contribution in [2.75, 3.05) is 30.3 Å². The van der Waals surface area contributed by atoms with Gasteiger partial charge in [0.05, 0.1) is 22.9 Å². The van der Waals surface area contributed by atoms with Crippen molar-refractivity contribution in [3.63, 3.8) is 0 Å². The van der Waals surface area contributed by atoms with Gasteiger partial charge in [0.25, 0.3) is 0 Å². The van der Waals surface area contributed by atoms with E-state index in [4.69, 9.17) is 15.9 Å². The van der Waals surface area contributed by atoms with Crippen LogP contribution in [-0.2, 0) is 4.79 Å². The van der Waals surface area contributed by atoms with Crippen LogP contribution >= 0.6 is 0 Å². The van der Waals surface area contributed by atoms with Gasteiger partial charge in [-0.25, -0.2) is 9.97 Å². The monoisotopic (exact) mass is 408 g/mol. The molecule has 0 atom stereocenters. The van der Waals surface area contributed by atoms with Crippen LogP contribution in [0.2, 0.25) is 0 Å². The maximum Gasteiger partial charge on any atom is 0.226 e. The normalized spacial score (nSPS) is 18.0. The number of rotatable bonds is 5. The molecule has 1 spiro atoms. The summed E-state index contributed by atoms with van der Waals surface area (Å²) in [6.07, 6.45) is 4.06. The summed E-state index contributed by atoms with van der Waals surface area (Å²) in [5.74, 6) is 1.63. The summed E-state index contributed by atoms with van der Waals surface area (Å²) in [4.78, 5) is 23.1. The Morgan fingerprint density at radius 3 is 2.67 bits per heavy atom. The Morgan fingerprint density at radius 2 is 2.00 bits per heavy atom. The average molecular weight is 409 g/mol. The maximum absolute atomic E-state index is 12.2. The molecule has 8 nitrogen and oxygen atoms in total. The van der Waals surface area contributed by atoms with Crippen molar-refractivity contribution < 1.29 is 9.53 Å². The van der Waals surface area contributed by atoms with Gasteiger partial charge in [0.1, 0.15) is 17.9 Å². The zero-order valence-electron chi connectivity index (χ0n) is 17.4. The average Bonchev–Trinajstić information content (AvgIpc) is 3.09. The molecule has 3 heterocycles. The second kappa shape index (κ2) is 7.93. The number of amides is 1. The summed E-state index contributed by atoms with van der Waals surface area (Å²) >= 11 is 0. The number of benzene rings is 1. The van der Waals surface area contributed by atoms with Crippen LogP contribution in [0.25, 0.3) is 0 Å². The quantitative estimate of drug-likeness (QED) is 0.516. The van der Waals surface area contributed by atoms with E-state index in [9.17, 15) is 4.79 Å². The molecule has 0 saturated carbocycles. The summed E-state index contributed by atoms with van der Waals surface area (Å²) in [5, 5.41) is 11.6. The highest BCUT2D eigenvalue weighted by molar-refractivity contribution is 6.13. The van der Waals surface area contributed by atoms with Gasteiger partial charge in [-0.1, -0.05) is 0 Å². The van der Waals surface area contributed by atoms with E-state index in [0.717, 1.165) is 44.7 Å². The van der Waals surface area contributed by atoms with Crippen molar-refractivity contribution in [2.24, 2.45) is 5.41 Å². The zero-order valence-corrected chi connectivity index (χ0v) is 17.4. The fourth-order valence-electron chi connectivity index (χ4n) is 4.25. The van der Waals surface area contributed by atoms with Crippen molar-refractivity contribution in [1.29, 1.82) is 5.41 Å². The largest absolute Gasteiger partial charge is 0.491 e. The van der Waals surface area contributed by atoms with Crippen LogP contribution < -0.4 is 20.7 Å². The maximum atomic E-state index is 12.2. The van der Waals surface area contributed by atoms with E-state index in [0.29, 0.717) is 22.7 Å². The SMILES string of the molecule is CC(C)Oc1ccc(N)c(C(=N)c2cc(N3CCC4(CCNC4=O)CC3)ncn2)c1. The fraction of sp³-hybridized carbons (Fsp3) is 0.455. The number of nitrogen functional groups attached to an aromatic ring is 1. The molecule has 2 aromatic rings. The van der Waals surface area contributed by atoms with Crippen LogP contribution in [0.15, 0.2) is 30.6 Å². The number of nitrogens with two attached hydrogens (primary N) is 1. The van der Waals surface area contributed by atoms with Crippen molar-refractivity contribution in [2.45, 2.75) is 39.2 Å². The Hall–Kier alpha value is -3.16. The fourth-order valence-corrected chi connectivity index (χ4v) is 4.25. The van der Waals surface area contributed by atoms with Crippen molar-refractivity contribution in [3.8, 4) is 5.75 Å². The Labute approximate surface area is 176 Å². The lowest BCUT2D eigenvalue weighted by Crippen LogP contribution is -2.44. The number of nitrogens with zero attached hydrogens (tertiary/aromatic N) is 3. The third kappa shape index (κ3) is 3.81. The molecule has 1 amide bonds. The number of hydrogen-bond acceptors (Lipinski definition) is 7. The number of aromatic nitrogens is 2. The molecule has 2 fully saturated rings. The summed E-state index contributed by atoms with van der Waals surface area (Å²) in [6, 6.07) is 7.16. The van der Waals surface area contributed by atoms with Crippen molar-refractivity contribution >= 4 is 23.1 Å². The number of nitrogens with one attached hydrogen (secondary N) is 2. The zero-order chi connectivity index (χ0) is 21.3. The first-order valence-electron chi connectivity index (χ1n) is 10.4. The molecule has 158 valence electrons. The first-order chi connectivity index (χ1) is 14.4. The van der Waals surface area contributed by atoms with Gasteiger partial charge >= 0.3 is 0 Å². The van der Waals surface area contributed by atoms with Gasteiger partial charge in [-0.2, -0.15) is 0 Å². The standard InChI is InChI=1S/C22H28N6O2/c1-14(2)30-15-3-4-17(23)16(11-15)20(24)18-12-19(27-13-26-18)28-9-6-22(7-10-28)5-8-25-21(22)29/h3-4,11-14,24H,5-10,23H2,1-2H3,(H,25,29). The van der Waals surface area contributed by atoms with Gasteiger partial charge in [0, 0.05) is 37.0 Å². The highest BCUT2D eigenvalue weighted by Crippen LogP contribution is 2.39. The third-order valence-corrected chi connectivity index (χ3v) is 5.99. The molecule has 30 heavy (non-hydrogen) atoms. The van der Waals surface area contributed by atoms with E-state index in [1.165, 1.54) is 6.33 Å². The van der Waals surface area contributed by atoms with Gasteiger partial charge < -0.3 is 20.7 Å². The summed E-state index contributed by atoms with van der Waals surface area (Å²) in [7, 11) is 0. The van der Waals surface area contributed by atoms with E-state index in [1.54, 1.807) is 18.2 Å². The van der Waals surface area contributed by atoms with E-state index in [1.807, 2.05) is 19.9 Å². The van der Waals surface area contributed by atoms with Crippen LogP contribution in [0.3, 0.4) is 0 Å². The Bertz CT molecular complexity index is 966.